The van der Waals surface area contributed by atoms with E-state index in [0.29, 0.717) is 13.0 Å². The van der Waals surface area contributed by atoms with Crippen molar-refractivity contribution in [1.29, 1.82) is 0 Å². The summed E-state index contributed by atoms with van der Waals surface area (Å²) in [6.07, 6.45) is 4.61. The molecule has 1 aliphatic heterocycles. The summed E-state index contributed by atoms with van der Waals surface area (Å²) in [5.41, 5.74) is 1.52. The number of rotatable bonds is 0. The van der Waals surface area contributed by atoms with Crippen molar-refractivity contribution in [3.63, 3.8) is 0 Å². The number of carbonyl (C=O) groups is 1. The van der Waals surface area contributed by atoms with Gasteiger partial charge in [0, 0.05) is 24.6 Å². The van der Waals surface area contributed by atoms with E-state index in [2.05, 4.69) is 25.1 Å². The predicted octanol–water partition coefficient (Wildman–Crippen LogP) is 1.91. The Kier molecular flexibility index (Phi) is 2.08. The highest BCUT2D eigenvalue weighted by molar-refractivity contribution is 5.88. The van der Waals surface area contributed by atoms with Crippen LogP contribution in [-0.4, -0.2) is 29.6 Å². The van der Waals surface area contributed by atoms with Crippen LogP contribution in [0.15, 0.2) is 22.4 Å². The summed E-state index contributed by atoms with van der Waals surface area (Å²) in [6.45, 7) is 6.93. The van der Waals surface area contributed by atoms with E-state index in [0.717, 1.165) is 11.3 Å². The van der Waals surface area contributed by atoms with Gasteiger partial charge in [0.15, 0.2) is 0 Å². The van der Waals surface area contributed by atoms with Gasteiger partial charge in [-0.3, -0.25) is 4.79 Å². The fourth-order valence-corrected chi connectivity index (χ4v) is 3.59. The number of fused-ring (bicyclic) bond motifs is 2. The molecule has 1 atom stereocenters. The van der Waals surface area contributed by atoms with E-state index in [4.69, 9.17) is 4.52 Å². The molecule has 3 rings (SSSR count). The van der Waals surface area contributed by atoms with E-state index in [9.17, 15) is 4.79 Å². The van der Waals surface area contributed by atoms with Crippen LogP contribution in [0.25, 0.3) is 0 Å². The van der Waals surface area contributed by atoms with Crippen molar-refractivity contribution < 1.29 is 9.32 Å². The molecule has 0 bridgehead atoms. The Morgan fingerprint density at radius 3 is 2.83 bits per heavy atom. The standard InChI is InChI=1S/C14H18N2O2/c1-13(2)10-5-6-16(4)12(17)14(10,3)7-9-8-15-18-11(9)13/h5,8H,6-7H2,1-4H3. The Morgan fingerprint density at radius 2 is 2.11 bits per heavy atom. The van der Waals surface area contributed by atoms with Gasteiger partial charge >= 0.3 is 0 Å². The lowest BCUT2D eigenvalue weighted by atomic mass is 9.59. The van der Waals surface area contributed by atoms with Crippen LogP contribution in [-0.2, 0) is 16.6 Å². The van der Waals surface area contributed by atoms with Gasteiger partial charge in [-0.1, -0.05) is 11.2 Å². The average molecular weight is 246 g/mol. The number of nitrogens with zero attached hydrogens (tertiary/aromatic N) is 2. The van der Waals surface area contributed by atoms with Crippen molar-refractivity contribution in [2.75, 3.05) is 13.6 Å². The number of hydrogen-bond donors (Lipinski definition) is 0. The minimum absolute atomic E-state index is 0.194. The fraction of sp³-hybridized carbons (Fsp3) is 0.571. The smallest absolute Gasteiger partial charge is 0.233 e. The molecule has 0 fully saturated rings. The SMILES string of the molecule is CN1CC=C2C(C)(Cc3cnoc3C2(C)C)C1=O. The van der Waals surface area contributed by atoms with Crippen molar-refractivity contribution in [3.05, 3.63) is 29.2 Å². The van der Waals surface area contributed by atoms with Gasteiger partial charge in [-0.25, -0.2) is 0 Å². The number of likely N-dealkylation sites (N-methyl/N-ethyl adjacent to an activating group) is 1. The molecule has 0 saturated carbocycles. The van der Waals surface area contributed by atoms with Crippen molar-refractivity contribution in [2.45, 2.75) is 32.6 Å². The van der Waals surface area contributed by atoms with Crippen LogP contribution in [0.2, 0.25) is 0 Å². The summed E-state index contributed by atoms with van der Waals surface area (Å²) >= 11 is 0. The van der Waals surface area contributed by atoms with Gasteiger partial charge < -0.3 is 9.42 Å². The molecular weight excluding hydrogens is 228 g/mol. The van der Waals surface area contributed by atoms with Gasteiger partial charge in [-0.2, -0.15) is 0 Å². The van der Waals surface area contributed by atoms with E-state index < -0.39 is 5.41 Å². The highest BCUT2D eigenvalue weighted by Crippen LogP contribution is 2.51. The first-order valence-corrected chi connectivity index (χ1v) is 6.28. The van der Waals surface area contributed by atoms with Crippen LogP contribution in [0, 0.1) is 5.41 Å². The first-order valence-electron chi connectivity index (χ1n) is 6.28. The molecular formula is C14H18N2O2. The maximum atomic E-state index is 12.5. The molecule has 1 unspecified atom stereocenters. The second kappa shape index (κ2) is 3.25. The molecule has 4 nitrogen and oxygen atoms in total. The summed E-state index contributed by atoms with van der Waals surface area (Å²) in [5, 5.41) is 3.91. The summed E-state index contributed by atoms with van der Waals surface area (Å²) < 4.78 is 5.41. The number of amides is 1. The summed E-state index contributed by atoms with van der Waals surface area (Å²) in [4.78, 5) is 14.3. The number of carbonyl (C=O) groups excluding carboxylic acids is 1. The van der Waals surface area contributed by atoms with E-state index in [1.54, 1.807) is 11.1 Å². The molecule has 1 amide bonds. The second-order valence-electron chi connectivity index (χ2n) is 6.12. The van der Waals surface area contributed by atoms with Crippen LogP contribution < -0.4 is 0 Å². The second-order valence-corrected chi connectivity index (χ2v) is 6.12. The predicted molar refractivity (Wildman–Crippen MR) is 67.1 cm³/mol. The molecule has 0 spiro atoms. The van der Waals surface area contributed by atoms with Gasteiger partial charge in [0.2, 0.25) is 5.91 Å². The normalized spacial score (nSPS) is 29.7. The quantitative estimate of drug-likeness (QED) is 0.657. The van der Waals surface area contributed by atoms with Gasteiger partial charge in [-0.15, -0.1) is 0 Å². The van der Waals surface area contributed by atoms with E-state index >= 15 is 0 Å². The van der Waals surface area contributed by atoms with E-state index in [-0.39, 0.29) is 11.3 Å². The Morgan fingerprint density at radius 1 is 1.39 bits per heavy atom. The molecule has 0 radical (unpaired) electrons. The Balaban J connectivity index is 2.24. The molecule has 0 N–H and O–H groups in total. The van der Waals surface area contributed by atoms with E-state index in [1.165, 1.54) is 5.57 Å². The highest BCUT2D eigenvalue weighted by Gasteiger charge is 2.53. The van der Waals surface area contributed by atoms with Crippen LogP contribution in [0.4, 0.5) is 0 Å². The molecule has 0 saturated heterocycles. The summed E-state index contributed by atoms with van der Waals surface area (Å²) in [7, 11) is 1.86. The lowest BCUT2D eigenvalue weighted by Crippen LogP contribution is -2.52. The molecule has 1 aromatic heterocycles. The first-order chi connectivity index (χ1) is 8.37. The molecule has 18 heavy (non-hydrogen) atoms. The Labute approximate surface area is 107 Å². The van der Waals surface area contributed by atoms with Gasteiger partial charge in [0.25, 0.3) is 0 Å². The van der Waals surface area contributed by atoms with Crippen molar-refractivity contribution in [2.24, 2.45) is 5.41 Å². The first kappa shape index (κ1) is 11.5. The Bertz CT molecular complexity index is 556. The van der Waals surface area contributed by atoms with Gasteiger partial charge in [-0.05, 0) is 32.8 Å². The minimum atomic E-state index is -0.449. The molecule has 96 valence electrons. The van der Waals surface area contributed by atoms with Crippen LogP contribution in [0.1, 0.15) is 32.1 Å². The lowest BCUT2D eigenvalue weighted by molar-refractivity contribution is -0.139. The number of aromatic nitrogens is 1. The van der Waals surface area contributed by atoms with Gasteiger partial charge in [0.1, 0.15) is 5.76 Å². The third kappa shape index (κ3) is 1.21. The molecule has 2 heterocycles. The summed E-state index contributed by atoms with van der Waals surface area (Å²) in [5.74, 6) is 1.10. The maximum Gasteiger partial charge on any atom is 0.233 e. The lowest BCUT2D eigenvalue weighted by Gasteiger charge is -2.47. The highest BCUT2D eigenvalue weighted by atomic mass is 16.5. The third-order valence-electron chi connectivity index (χ3n) is 4.41. The van der Waals surface area contributed by atoms with Crippen LogP contribution >= 0.6 is 0 Å². The van der Waals surface area contributed by atoms with Gasteiger partial charge in [0.05, 0.1) is 11.6 Å². The molecule has 1 aliphatic carbocycles. The average Bonchev–Trinajstić information content (AvgIpc) is 2.74. The van der Waals surface area contributed by atoms with Crippen molar-refractivity contribution in [3.8, 4) is 0 Å². The zero-order valence-corrected chi connectivity index (χ0v) is 11.3. The van der Waals surface area contributed by atoms with Crippen LogP contribution in [0.3, 0.4) is 0 Å². The third-order valence-corrected chi connectivity index (χ3v) is 4.41. The Hall–Kier alpha value is -1.58. The minimum Gasteiger partial charge on any atom is -0.360 e. The van der Waals surface area contributed by atoms with Crippen LogP contribution in [0.5, 0.6) is 0 Å². The largest absolute Gasteiger partial charge is 0.360 e. The topological polar surface area (TPSA) is 46.3 Å². The van der Waals surface area contributed by atoms with Crippen molar-refractivity contribution in [1.82, 2.24) is 10.1 Å². The van der Waals surface area contributed by atoms with Crippen molar-refractivity contribution >= 4 is 5.91 Å². The van der Waals surface area contributed by atoms with E-state index in [1.807, 2.05) is 14.0 Å². The summed E-state index contributed by atoms with van der Waals surface area (Å²) in [6, 6.07) is 0. The fourth-order valence-electron chi connectivity index (χ4n) is 3.59. The molecule has 2 aliphatic rings. The zero-order chi connectivity index (χ0) is 13.1. The molecule has 0 aromatic carbocycles. The number of hydrogen-bond acceptors (Lipinski definition) is 3. The maximum absolute atomic E-state index is 12.5. The molecule has 1 aromatic rings. The monoisotopic (exact) mass is 246 g/mol. The molecule has 4 heteroatoms. The zero-order valence-electron chi connectivity index (χ0n) is 11.3.